The van der Waals surface area contributed by atoms with Crippen LogP contribution in [0.1, 0.15) is 32.2 Å². The van der Waals surface area contributed by atoms with Gasteiger partial charge in [-0.15, -0.1) is 6.58 Å². The summed E-state index contributed by atoms with van der Waals surface area (Å²) < 4.78 is 8.37. The molecule has 0 amide bonds. The van der Waals surface area contributed by atoms with Crippen LogP contribution in [-0.2, 0) is 18.4 Å². The number of nitrogens with zero attached hydrogens (tertiary/aromatic N) is 2. The Hall–Kier alpha value is -2.55. The van der Waals surface area contributed by atoms with Crippen LogP contribution in [0.5, 0.6) is 5.75 Å². The summed E-state index contributed by atoms with van der Waals surface area (Å²) in [6.07, 6.45) is 2.72. The summed E-state index contributed by atoms with van der Waals surface area (Å²) in [4.78, 5) is 4.85. The maximum atomic E-state index is 6.08. The highest BCUT2D eigenvalue weighted by Crippen LogP contribution is 2.26. The standard InChI is InChI=1S/C22H26N2O/c1-5-10-17-11-6-9-14-20(17)25-16-15-24-19-13-8-7-12-18(19)23-21(24)22(2,3)4/h5-9,11-14H,1,10,15-16H2,2-4H3. The van der Waals surface area contributed by atoms with E-state index in [-0.39, 0.29) is 5.41 Å². The van der Waals surface area contributed by atoms with E-state index in [0.29, 0.717) is 6.61 Å². The quantitative estimate of drug-likeness (QED) is 0.584. The summed E-state index contributed by atoms with van der Waals surface area (Å²) in [7, 11) is 0. The minimum atomic E-state index is -0.0141. The molecule has 0 aliphatic rings. The number of rotatable bonds is 6. The van der Waals surface area contributed by atoms with Crippen LogP contribution in [0.3, 0.4) is 0 Å². The number of fused-ring (bicyclic) bond motifs is 1. The first kappa shape index (κ1) is 17.3. The Labute approximate surface area is 150 Å². The van der Waals surface area contributed by atoms with Gasteiger partial charge in [0, 0.05) is 5.41 Å². The predicted molar refractivity (Wildman–Crippen MR) is 104 cm³/mol. The van der Waals surface area contributed by atoms with Crippen molar-refractivity contribution in [3.05, 3.63) is 72.6 Å². The van der Waals surface area contributed by atoms with Crippen molar-refractivity contribution in [3.8, 4) is 5.75 Å². The second kappa shape index (κ2) is 7.14. The van der Waals surface area contributed by atoms with Crippen molar-refractivity contribution in [3.63, 3.8) is 0 Å². The molecule has 2 aromatic carbocycles. The van der Waals surface area contributed by atoms with Crippen molar-refractivity contribution >= 4 is 11.0 Å². The fourth-order valence-electron chi connectivity index (χ4n) is 3.09. The van der Waals surface area contributed by atoms with Crippen molar-refractivity contribution < 1.29 is 4.74 Å². The Bertz CT molecular complexity index is 871. The molecule has 0 saturated heterocycles. The monoisotopic (exact) mass is 334 g/mol. The molecule has 3 nitrogen and oxygen atoms in total. The Morgan fingerprint density at radius 2 is 1.80 bits per heavy atom. The maximum absolute atomic E-state index is 6.08. The Kier molecular flexibility index (Phi) is 4.93. The highest BCUT2D eigenvalue weighted by atomic mass is 16.5. The average Bonchev–Trinajstić information content (AvgIpc) is 2.96. The summed E-state index contributed by atoms with van der Waals surface area (Å²) in [6, 6.07) is 16.5. The maximum Gasteiger partial charge on any atom is 0.122 e. The van der Waals surface area contributed by atoms with Gasteiger partial charge in [-0.3, -0.25) is 0 Å². The lowest BCUT2D eigenvalue weighted by Gasteiger charge is -2.20. The van der Waals surface area contributed by atoms with E-state index in [9.17, 15) is 0 Å². The summed E-state index contributed by atoms with van der Waals surface area (Å²) >= 11 is 0. The molecule has 1 aromatic heterocycles. The van der Waals surface area contributed by atoms with E-state index >= 15 is 0 Å². The van der Waals surface area contributed by atoms with Crippen molar-refractivity contribution in [2.45, 2.75) is 39.2 Å². The van der Waals surface area contributed by atoms with Crippen LogP contribution in [0, 0.1) is 0 Å². The van der Waals surface area contributed by atoms with Crippen molar-refractivity contribution in [2.24, 2.45) is 0 Å². The van der Waals surface area contributed by atoms with E-state index in [1.54, 1.807) is 0 Å². The number of imidazole rings is 1. The number of ether oxygens (including phenoxy) is 1. The third-order valence-electron chi connectivity index (χ3n) is 4.23. The third kappa shape index (κ3) is 3.76. The zero-order valence-corrected chi connectivity index (χ0v) is 15.3. The highest BCUT2D eigenvalue weighted by molar-refractivity contribution is 5.76. The molecular weight excluding hydrogens is 308 g/mol. The number of para-hydroxylation sites is 3. The first-order chi connectivity index (χ1) is 12.0. The first-order valence-electron chi connectivity index (χ1n) is 8.78. The number of hydrogen-bond donors (Lipinski definition) is 0. The molecule has 0 radical (unpaired) electrons. The average molecular weight is 334 g/mol. The predicted octanol–water partition coefficient (Wildman–Crippen LogP) is 5.14. The molecule has 0 atom stereocenters. The van der Waals surface area contributed by atoms with E-state index in [1.165, 1.54) is 5.56 Å². The second-order valence-electron chi connectivity index (χ2n) is 7.27. The number of aromatic nitrogens is 2. The molecule has 0 N–H and O–H groups in total. The summed E-state index contributed by atoms with van der Waals surface area (Å²) in [6.45, 7) is 11.8. The van der Waals surface area contributed by atoms with Gasteiger partial charge in [0.2, 0.25) is 0 Å². The van der Waals surface area contributed by atoms with Gasteiger partial charge in [0.1, 0.15) is 18.2 Å². The molecule has 3 aromatic rings. The lowest BCUT2D eigenvalue weighted by Crippen LogP contribution is -2.21. The van der Waals surface area contributed by atoms with Gasteiger partial charge < -0.3 is 9.30 Å². The smallest absolute Gasteiger partial charge is 0.122 e. The zero-order chi connectivity index (χ0) is 17.9. The van der Waals surface area contributed by atoms with E-state index < -0.39 is 0 Å². The molecule has 0 aliphatic carbocycles. The van der Waals surface area contributed by atoms with Crippen LogP contribution in [-0.4, -0.2) is 16.2 Å². The van der Waals surface area contributed by atoms with E-state index in [0.717, 1.165) is 35.6 Å². The lowest BCUT2D eigenvalue weighted by atomic mass is 9.95. The summed E-state index contributed by atoms with van der Waals surface area (Å²) in [5.74, 6) is 2.03. The molecule has 25 heavy (non-hydrogen) atoms. The lowest BCUT2D eigenvalue weighted by molar-refractivity contribution is 0.292. The molecule has 0 fully saturated rings. The van der Waals surface area contributed by atoms with Gasteiger partial charge in [-0.25, -0.2) is 4.98 Å². The minimum absolute atomic E-state index is 0.0141. The highest BCUT2D eigenvalue weighted by Gasteiger charge is 2.22. The molecule has 3 heteroatoms. The summed E-state index contributed by atoms with van der Waals surface area (Å²) in [5, 5.41) is 0. The van der Waals surface area contributed by atoms with Crippen LogP contribution in [0.25, 0.3) is 11.0 Å². The third-order valence-corrected chi connectivity index (χ3v) is 4.23. The Morgan fingerprint density at radius 1 is 1.08 bits per heavy atom. The molecule has 3 rings (SSSR count). The second-order valence-corrected chi connectivity index (χ2v) is 7.27. The SMILES string of the molecule is C=CCc1ccccc1OCCn1c(C(C)(C)C)nc2ccccc21. The first-order valence-corrected chi connectivity index (χ1v) is 8.78. The molecule has 0 saturated carbocycles. The van der Waals surface area contributed by atoms with Gasteiger partial charge in [0.05, 0.1) is 17.6 Å². The fourth-order valence-corrected chi connectivity index (χ4v) is 3.09. The van der Waals surface area contributed by atoms with Crippen molar-refractivity contribution in [1.29, 1.82) is 0 Å². The minimum Gasteiger partial charge on any atom is -0.491 e. The molecule has 0 bridgehead atoms. The van der Waals surface area contributed by atoms with Crippen molar-refractivity contribution in [2.75, 3.05) is 6.61 Å². The molecule has 1 heterocycles. The van der Waals surface area contributed by atoms with Gasteiger partial charge in [-0.1, -0.05) is 57.2 Å². The molecule has 0 unspecified atom stereocenters. The van der Waals surface area contributed by atoms with E-state index in [2.05, 4.69) is 56.2 Å². The molecular formula is C22H26N2O. The van der Waals surface area contributed by atoms with Gasteiger partial charge in [0.25, 0.3) is 0 Å². The largest absolute Gasteiger partial charge is 0.491 e. The number of hydrogen-bond acceptors (Lipinski definition) is 2. The topological polar surface area (TPSA) is 27.1 Å². The van der Waals surface area contributed by atoms with Gasteiger partial charge in [-0.2, -0.15) is 0 Å². The van der Waals surface area contributed by atoms with Crippen LogP contribution in [0.4, 0.5) is 0 Å². The van der Waals surface area contributed by atoms with Crippen LogP contribution >= 0.6 is 0 Å². The zero-order valence-electron chi connectivity index (χ0n) is 15.3. The van der Waals surface area contributed by atoms with Crippen LogP contribution < -0.4 is 4.74 Å². The molecule has 130 valence electrons. The van der Waals surface area contributed by atoms with E-state index in [4.69, 9.17) is 9.72 Å². The van der Waals surface area contributed by atoms with Gasteiger partial charge in [-0.05, 0) is 30.2 Å². The summed E-state index contributed by atoms with van der Waals surface area (Å²) in [5.41, 5.74) is 3.36. The van der Waals surface area contributed by atoms with Gasteiger partial charge >= 0.3 is 0 Å². The van der Waals surface area contributed by atoms with Crippen LogP contribution in [0.2, 0.25) is 0 Å². The molecule has 0 aliphatic heterocycles. The Morgan fingerprint density at radius 3 is 2.56 bits per heavy atom. The fraction of sp³-hybridized carbons (Fsp3) is 0.318. The number of allylic oxidation sites excluding steroid dienone is 1. The van der Waals surface area contributed by atoms with E-state index in [1.807, 2.05) is 30.3 Å². The molecule has 0 spiro atoms. The Balaban J connectivity index is 1.83. The number of benzene rings is 2. The van der Waals surface area contributed by atoms with Crippen molar-refractivity contribution in [1.82, 2.24) is 9.55 Å². The van der Waals surface area contributed by atoms with Gasteiger partial charge in [0.15, 0.2) is 0 Å². The normalized spacial score (nSPS) is 11.6. The van der Waals surface area contributed by atoms with Crippen LogP contribution in [0.15, 0.2) is 61.2 Å².